The number of piperidine rings is 1. The lowest BCUT2D eigenvalue weighted by molar-refractivity contribution is -0.121. The highest BCUT2D eigenvalue weighted by molar-refractivity contribution is 5.89. The summed E-state index contributed by atoms with van der Waals surface area (Å²) in [6.07, 6.45) is 3.00. The smallest absolute Gasteiger partial charge is 0.321 e. The van der Waals surface area contributed by atoms with E-state index >= 15 is 0 Å². The quantitative estimate of drug-likeness (QED) is 0.797. The van der Waals surface area contributed by atoms with Gasteiger partial charge in [-0.25, -0.2) is 9.18 Å². The number of halogens is 1. The minimum absolute atomic E-state index is 0.0248. The molecule has 0 bridgehead atoms. The molecule has 6 heteroatoms. The summed E-state index contributed by atoms with van der Waals surface area (Å²) in [7, 11) is 0. The van der Waals surface area contributed by atoms with Crippen molar-refractivity contribution in [1.29, 1.82) is 0 Å². The Morgan fingerprint density at radius 1 is 1.07 bits per heavy atom. The van der Waals surface area contributed by atoms with Gasteiger partial charge in [0.1, 0.15) is 5.82 Å². The molecule has 2 aromatic carbocycles. The molecule has 1 aliphatic heterocycles. The number of hydrogen-bond acceptors (Lipinski definition) is 2. The van der Waals surface area contributed by atoms with Crippen LogP contribution in [0, 0.1) is 11.7 Å². The van der Waals surface area contributed by atoms with Crippen LogP contribution in [0.25, 0.3) is 0 Å². The van der Waals surface area contributed by atoms with Gasteiger partial charge in [-0.2, -0.15) is 0 Å². The molecule has 2 aromatic rings. The van der Waals surface area contributed by atoms with Gasteiger partial charge in [-0.15, -0.1) is 0 Å². The van der Waals surface area contributed by atoms with Gasteiger partial charge >= 0.3 is 6.03 Å². The van der Waals surface area contributed by atoms with E-state index in [4.69, 9.17) is 0 Å². The third-order valence-electron chi connectivity index (χ3n) is 4.99. The van der Waals surface area contributed by atoms with E-state index in [9.17, 15) is 14.0 Å². The molecular weight excluding hydrogens is 357 g/mol. The first kappa shape index (κ1) is 19.9. The Kier molecular flexibility index (Phi) is 7.00. The van der Waals surface area contributed by atoms with Crippen LogP contribution < -0.4 is 10.6 Å². The van der Waals surface area contributed by atoms with Crippen molar-refractivity contribution in [3.63, 3.8) is 0 Å². The van der Waals surface area contributed by atoms with Gasteiger partial charge in [0.25, 0.3) is 0 Å². The van der Waals surface area contributed by atoms with Crippen molar-refractivity contribution in [2.75, 3.05) is 25.0 Å². The number of nitrogens with zero attached hydrogens (tertiary/aromatic N) is 1. The maximum absolute atomic E-state index is 13.7. The Labute approximate surface area is 164 Å². The van der Waals surface area contributed by atoms with Gasteiger partial charge in [0.05, 0.1) is 5.69 Å². The molecule has 0 aliphatic carbocycles. The second-order valence-electron chi connectivity index (χ2n) is 7.15. The Morgan fingerprint density at radius 2 is 1.82 bits per heavy atom. The van der Waals surface area contributed by atoms with Crippen LogP contribution in [0.2, 0.25) is 0 Å². The van der Waals surface area contributed by atoms with Crippen LogP contribution in [-0.4, -0.2) is 36.5 Å². The molecule has 3 rings (SSSR count). The van der Waals surface area contributed by atoms with Gasteiger partial charge in [0, 0.05) is 26.1 Å². The number of benzene rings is 2. The summed E-state index contributed by atoms with van der Waals surface area (Å²) in [4.78, 5) is 26.2. The van der Waals surface area contributed by atoms with Crippen LogP contribution in [0.15, 0.2) is 54.6 Å². The minimum Gasteiger partial charge on any atom is -0.356 e. The topological polar surface area (TPSA) is 61.4 Å². The summed E-state index contributed by atoms with van der Waals surface area (Å²) in [6, 6.07) is 15.8. The van der Waals surface area contributed by atoms with Gasteiger partial charge in [-0.3, -0.25) is 4.79 Å². The molecule has 3 amide bonds. The third-order valence-corrected chi connectivity index (χ3v) is 4.99. The van der Waals surface area contributed by atoms with Crippen LogP contribution >= 0.6 is 0 Å². The zero-order valence-corrected chi connectivity index (χ0v) is 15.9. The highest BCUT2D eigenvalue weighted by atomic mass is 19.1. The molecule has 1 saturated heterocycles. The first-order valence-electron chi connectivity index (χ1n) is 9.73. The molecule has 0 spiro atoms. The molecule has 1 heterocycles. The SMILES string of the molecule is O=C(CCc1ccccc1)NC[C@@H]1CCCN(C(=O)Nc2ccccc2F)C1. The van der Waals surface area contributed by atoms with Crippen LogP contribution in [0.5, 0.6) is 0 Å². The van der Waals surface area contributed by atoms with Crippen LogP contribution in [0.1, 0.15) is 24.8 Å². The van der Waals surface area contributed by atoms with Gasteiger partial charge in [0.15, 0.2) is 0 Å². The van der Waals surface area contributed by atoms with E-state index in [2.05, 4.69) is 10.6 Å². The highest BCUT2D eigenvalue weighted by Gasteiger charge is 2.24. The van der Waals surface area contributed by atoms with E-state index in [-0.39, 0.29) is 23.5 Å². The number of anilines is 1. The Bertz CT molecular complexity index is 797. The number of urea groups is 1. The van der Waals surface area contributed by atoms with Gasteiger partial charge in [-0.1, -0.05) is 42.5 Å². The minimum atomic E-state index is -0.449. The number of aryl methyl sites for hydroxylation is 1. The van der Waals surface area contributed by atoms with Crippen molar-refractivity contribution >= 4 is 17.6 Å². The fourth-order valence-electron chi connectivity index (χ4n) is 3.42. The number of carbonyl (C=O) groups excluding carboxylic acids is 2. The molecule has 0 aromatic heterocycles. The van der Waals surface area contributed by atoms with Crippen molar-refractivity contribution in [3.05, 3.63) is 66.0 Å². The molecule has 1 atom stereocenters. The lowest BCUT2D eigenvalue weighted by atomic mass is 9.98. The summed E-state index contributed by atoms with van der Waals surface area (Å²) in [5.41, 5.74) is 1.33. The summed E-state index contributed by atoms with van der Waals surface area (Å²) >= 11 is 0. The van der Waals surface area contributed by atoms with E-state index in [1.807, 2.05) is 30.3 Å². The van der Waals surface area contributed by atoms with E-state index in [0.29, 0.717) is 32.5 Å². The number of hydrogen-bond donors (Lipinski definition) is 2. The number of likely N-dealkylation sites (tertiary alicyclic amines) is 1. The van der Waals surface area contributed by atoms with E-state index in [1.165, 1.54) is 6.07 Å². The number of nitrogens with one attached hydrogen (secondary N) is 2. The van der Waals surface area contributed by atoms with Crippen LogP contribution in [-0.2, 0) is 11.2 Å². The maximum atomic E-state index is 13.7. The normalized spacial score (nSPS) is 16.5. The number of rotatable bonds is 6. The van der Waals surface area contributed by atoms with Crippen molar-refractivity contribution in [3.8, 4) is 0 Å². The number of carbonyl (C=O) groups is 2. The lowest BCUT2D eigenvalue weighted by Crippen LogP contribution is -2.45. The van der Waals surface area contributed by atoms with Gasteiger partial charge < -0.3 is 15.5 Å². The molecule has 0 radical (unpaired) electrons. The molecule has 28 heavy (non-hydrogen) atoms. The fraction of sp³-hybridized carbons (Fsp3) is 0.364. The molecular formula is C22H26FN3O2. The van der Waals surface area contributed by atoms with Crippen molar-refractivity contribution in [1.82, 2.24) is 10.2 Å². The van der Waals surface area contributed by atoms with Crippen LogP contribution in [0.3, 0.4) is 0 Å². The van der Waals surface area contributed by atoms with E-state index in [1.54, 1.807) is 23.1 Å². The van der Waals surface area contributed by atoms with Crippen molar-refractivity contribution in [2.24, 2.45) is 5.92 Å². The van der Waals surface area contributed by atoms with Gasteiger partial charge in [0.2, 0.25) is 5.91 Å². The zero-order chi connectivity index (χ0) is 19.8. The molecule has 1 aliphatic rings. The monoisotopic (exact) mass is 383 g/mol. The molecule has 2 N–H and O–H groups in total. The Hall–Kier alpha value is -2.89. The maximum Gasteiger partial charge on any atom is 0.321 e. The molecule has 1 fully saturated rings. The summed E-state index contributed by atoms with van der Waals surface area (Å²) in [5, 5.41) is 5.61. The van der Waals surface area contributed by atoms with Gasteiger partial charge in [-0.05, 0) is 42.9 Å². The average molecular weight is 383 g/mol. The highest BCUT2D eigenvalue weighted by Crippen LogP contribution is 2.18. The third kappa shape index (κ3) is 5.81. The molecule has 0 saturated carbocycles. The number of amides is 3. The largest absolute Gasteiger partial charge is 0.356 e. The standard InChI is InChI=1S/C22H26FN3O2/c23-19-10-4-5-11-20(19)25-22(28)26-14-6-9-18(16-26)15-24-21(27)13-12-17-7-2-1-3-8-17/h1-5,7-8,10-11,18H,6,9,12-16H2,(H,24,27)(H,25,28)/t18-/m0/s1. The Morgan fingerprint density at radius 3 is 2.61 bits per heavy atom. The molecule has 0 unspecified atom stereocenters. The molecule has 5 nitrogen and oxygen atoms in total. The average Bonchev–Trinajstić information content (AvgIpc) is 2.73. The van der Waals surface area contributed by atoms with Crippen molar-refractivity contribution < 1.29 is 14.0 Å². The van der Waals surface area contributed by atoms with E-state index in [0.717, 1.165) is 18.4 Å². The Balaban J connectivity index is 1.42. The first-order valence-corrected chi connectivity index (χ1v) is 9.73. The second kappa shape index (κ2) is 9.88. The first-order chi connectivity index (χ1) is 13.6. The van der Waals surface area contributed by atoms with Crippen molar-refractivity contribution in [2.45, 2.75) is 25.7 Å². The zero-order valence-electron chi connectivity index (χ0n) is 15.9. The van der Waals surface area contributed by atoms with Crippen LogP contribution in [0.4, 0.5) is 14.9 Å². The summed E-state index contributed by atoms with van der Waals surface area (Å²) < 4.78 is 13.7. The number of para-hydroxylation sites is 1. The summed E-state index contributed by atoms with van der Waals surface area (Å²) in [6.45, 7) is 1.75. The predicted molar refractivity (Wildman–Crippen MR) is 107 cm³/mol. The van der Waals surface area contributed by atoms with E-state index < -0.39 is 5.82 Å². The fourth-order valence-corrected chi connectivity index (χ4v) is 3.42. The summed E-state index contributed by atoms with van der Waals surface area (Å²) in [5.74, 6) is -0.215. The predicted octanol–water partition coefficient (Wildman–Crippen LogP) is 3.82. The lowest BCUT2D eigenvalue weighted by Gasteiger charge is -2.33. The molecule has 148 valence electrons. The second-order valence-corrected chi connectivity index (χ2v) is 7.15.